The van der Waals surface area contributed by atoms with Crippen molar-refractivity contribution in [1.82, 2.24) is 10.2 Å². The van der Waals surface area contributed by atoms with E-state index in [0.717, 1.165) is 34.2 Å². The normalized spacial score (nSPS) is 11.8. The van der Waals surface area contributed by atoms with Crippen molar-refractivity contribution in [3.63, 3.8) is 0 Å². The molecule has 1 N–H and O–H groups in total. The summed E-state index contributed by atoms with van der Waals surface area (Å²) in [5, 5.41) is 2.92. The zero-order valence-electron chi connectivity index (χ0n) is 17.7. The van der Waals surface area contributed by atoms with Crippen LogP contribution in [0, 0.1) is 20.8 Å². The molecule has 2 aromatic rings. The Kier molecular flexibility index (Phi) is 7.80. The second-order valence-electron chi connectivity index (χ2n) is 7.52. The van der Waals surface area contributed by atoms with E-state index in [-0.39, 0.29) is 11.8 Å². The summed E-state index contributed by atoms with van der Waals surface area (Å²) in [4.78, 5) is 27.6. The van der Waals surface area contributed by atoms with Crippen molar-refractivity contribution >= 4 is 11.8 Å². The number of carbonyl (C=O) groups excluding carboxylic acids is 2. The van der Waals surface area contributed by atoms with Crippen molar-refractivity contribution in [1.29, 1.82) is 0 Å². The summed E-state index contributed by atoms with van der Waals surface area (Å²) in [6.07, 6.45) is 1.16. The Bertz CT molecular complexity index is 829. The first kappa shape index (κ1) is 21.7. The van der Waals surface area contributed by atoms with E-state index in [1.807, 2.05) is 65.0 Å². The molecule has 0 saturated carbocycles. The Morgan fingerprint density at radius 1 is 1.00 bits per heavy atom. The Morgan fingerprint density at radius 3 is 2.36 bits per heavy atom. The van der Waals surface area contributed by atoms with Gasteiger partial charge in [-0.2, -0.15) is 0 Å². The van der Waals surface area contributed by atoms with E-state index >= 15 is 0 Å². The van der Waals surface area contributed by atoms with Gasteiger partial charge in [-0.3, -0.25) is 9.59 Å². The highest BCUT2D eigenvalue weighted by molar-refractivity contribution is 5.88. The largest absolute Gasteiger partial charge is 0.354 e. The number of hydrogen-bond donors (Lipinski definition) is 1. The molecule has 0 aliphatic heterocycles. The first-order chi connectivity index (χ1) is 13.3. The van der Waals surface area contributed by atoms with E-state index in [2.05, 4.69) is 17.4 Å². The molecule has 28 heavy (non-hydrogen) atoms. The van der Waals surface area contributed by atoms with E-state index in [9.17, 15) is 9.59 Å². The minimum atomic E-state index is -0.524. The lowest BCUT2D eigenvalue weighted by molar-refractivity contribution is -0.140. The first-order valence-electron chi connectivity index (χ1n) is 10.0. The maximum Gasteiger partial charge on any atom is 0.242 e. The van der Waals surface area contributed by atoms with E-state index in [1.54, 1.807) is 4.90 Å². The first-order valence-corrected chi connectivity index (χ1v) is 10.0. The number of rotatable bonds is 8. The van der Waals surface area contributed by atoms with Crippen LogP contribution in [0.3, 0.4) is 0 Å². The molecule has 0 aromatic heterocycles. The average molecular weight is 381 g/mol. The van der Waals surface area contributed by atoms with Crippen LogP contribution in [0.15, 0.2) is 42.5 Å². The molecule has 2 aromatic carbocycles. The van der Waals surface area contributed by atoms with Gasteiger partial charge in [-0.25, -0.2) is 0 Å². The summed E-state index contributed by atoms with van der Waals surface area (Å²) in [6.45, 7) is 10.9. The van der Waals surface area contributed by atoms with Crippen molar-refractivity contribution in [3.05, 3.63) is 70.3 Å². The van der Waals surface area contributed by atoms with Gasteiger partial charge in [-0.15, -0.1) is 0 Å². The second-order valence-corrected chi connectivity index (χ2v) is 7.52. The van der Waals surface area contributed by atoms with Crippen LogP contribution in [0.5, 0.6) is 0 Å². The Balaban J connectivity index is 2.28. The summed E-state index contributed by atoms with van der Waals surface area (Å²) in [6, 6.07) is 13.6. The molecule has 4 heteroatoms. The van der Waals surface area contributed by atoms with Gasteiger partial charge in [0, 0.05) is 13.1 Å². The summed E-state index contributed by atoms with van der Waals surface area (Å²) in [7, 11) is 0. The molecule has 0 spiro atoms. The molecule has 1 unspecified atom stereocenters. The van der Waals surface area contributed by atoms with Gasteiger partial charge in [-0.05, 0) is 56.4 Å². The van der Waals surface area contributed by atoms with Crippen LogP contribution in [0.4, 0.5) is 0 Å². The fourth-order valence-electron chi connectivity index (χ4n) is 3.20. The Labute approximate surface area is 169 Å². The van der Waals surface area contributed by atoms with Crippen LogP contribution in [0.1, 0.15) is 48.1 Å². The van der Waals surface area contributed by atoms with Gasteiger partial charge in [0.2, 0.25) is 11.8 Å². The van der Waals surface area contributed by atoms with Gasteiger partial charge in [-0.1, -0.05) is 55.0 Å². The van der Waals surface area contributed by atoms with Crippen LogP contribution in [-0.4, -0.2) is 29.3 Å². The molecule has 1 atom stereocenters. The number of nitrogens with one attached hydrogen (secondary N) is 1. The molecule has 0 saturated heterocycles. The van der Waals surface area contributed by atoms with Gasteiger partial charge in [0.25, 0.3) is 0 Å². The third-order valence-electron chi connectivity index (χ3n) is 5.16. The predicted octanol–water partition coefficient (Wildman–Crippen LogP) is 4.10. The lowest BCUT2D eigenvalue weighted by atomic mass is 10.0. The summed E-state index contributed by atoms with van der Waals surface area (Å²) in [5.74, 6) is -0.138. The van der Waals surface area contributed by atoms with Gasteiger partial charge in [0.1, 0.15) is 6.04 Å². The standard InChI is InChI=1S/C24H32N2O2/c1-6-13-25-24(28)20(5)26(16-21-10-8-7-9-18(21)3)23(27)15-22-14-17(2)11-12-19(22)4/h7-12,14,20H,6,13,15-16H2,1-5H3,(H,25,28). The number of carbonyl (C=O) groups is 2. The maximum absolute atomic E-state index is 13.3. The van der Waals surface area contributed by atoms with Crippen LogP contribution in [0.25, 0.3) is 0 Å². The molecule has 0 aliphatic carbocycles. The molecular formula is C24H32N2O2. The lowest BCUT2D eigenvalue weighted by Crippen LogP contribution is -2.48. The maximum atomic E-state index is 13.3. The summed E-state index contributed by atoms with van der Waals surface area (Å²) < 4.78 is 0. The number of benzene rings is 2. The molecule has 0 aliphatic rings. The molecule has 2 rings (SSSR count). The molecular weight excluding hydrogens is 348 g/mol. The topological polar surface area (TPSA) is 49.4 Å². The number of hydrogen-bond acceptors (Lipinski definition) is 2. The quantitative estimate of drug-likeness (QED) is 0.750. The molecule has 0 heterocycles. The Morgan fingerprint density at radius 2 is 1.68 bits per heavy atom. The van der Waals surface area contributed by atoms with Crippen LogP contribution < -0.4 is 5.32 Å². The molecule has 0 radical (unpaired) electrons. The fourth-order valence-corrected chi connectivity index (χ4v) is 3.20. The number of amides is 2. The number of nitrogens with zero attached hydrogens (tertiary/aromatic N) is 1. The summed E-state index contributed by atoms with van der Waals surface area (Å²) >= 11 is 0. The zero-order valence-corrected chi connectivity index (χ0v) is 17.7. The summed E-state index contributed by atoms with van der Waals surface area (Å²) in [5.41, 5.74) is 5.42. The smallest absolute Gasteiger partial charge is 0.242 e. The number of aryl methyl sites for hydroxylation is 3. The third-order valence-corrected chi connectivity index (χ3v) is 5.16. The van der Waals surface area contributed by atoms with Crippen molar-refractivity contribution in [3.8, 4) is 0 Å². The van der Waals surface area contributed by atoms with Crippen molar-refractivity contribution in [2.24, 2.45) is 0 Å². The minimum absolute atomic E-state index is 0.0314. The third kappa shape index (κ3) is 5.69. The molecule has 2 amide bonds. The molecule has 150 valence electrons. The molecule has 4 nitrogen and oxygen atoms in total. The van der Waals surface area contributed by atoms with Crippen LogP contribution >= 0.6 is 0 Å². The highest BCUT2D eigenvalue weighted by atomic mass is 16.2. The van der Waals surface area contributed by atoms with Crippen molar-refractivity contribution in [2.45, 2.75) is 60.0 Å². The fraction of sp³-hybridized carbons (Fsp3) is 0.417. The Hall–Kier alpha value is -2.62. The van der Waals surface area contributed by atoms with E-state index < -0.39 is 6.04 Å². The van der Waals surface area contributed by atoms with E-state index in [1.165, 1.54) is 0 Å². The average Bonchev–Trinajstić information content (AvgIpc) is 2.67. The van der Waals surface area contributed by atoms with Crippen LogP contribution in [0.2, 0.25) is 0 Å². The van der Waals surface area contributed by atoms with Gasteiger partial charge >= 0.3 is 0 Å². The lowest BCUT2D eigenvalue weighted by Gasteiger charge is -2.29. The van der Waals surface area contributed by atoms with Gasteiger partial charge in [0.05, 0.1) is 6.42 Å². The van der Waals surface area contributed by atoms with Gasteiger partial charge < -0.3 is 10.2 Å². The van der Waals surface area contributed by atoms with E-state index in [0.29, 0.717) is 19.5 Å². The highest BCUT2D eigenvalue weighted by Gasteiger charge is 2.26. The minimum Gasteiger partial charge on any atom is -0.354 e. The predicted molar refractivity (Wildman–Crippen MR) is 114 cm³/mol. The van der Waals surface area contributed by atoms with E-state index in [4.69, 9.17) is 0 Å². The van der Waals surface area contributed by atoms with Gasteiger partial charge in [0.15, 0.2) is 0 Å². The molecule has 0 fully saturated rings. The molecule has 0 bridgehead atoms. The zero-order chi connectivity index (χ0) is 20.7. The van der Waals surface area contributed by atoms with Crippen LogP contribution in [-0.2, 0) is 22.6 Å². The highest BCUT2D eigenvalue weighted by Crippen LogP contribution is 2.17. The second kappa shape index (κ2) is 10.1. The van der Waals surface area contributed by atoms with Crippen molar-refractivity contribution in [2.75, 3.05) is 6.54 Å². The monoisotopic (exact) mass is 380 g/mol. The van der Waals surface area contributed by atoms with Crippen molar-refractivity contribution < 1.29 is 9.59 Å². The SMILES string of the molecule is CCCNC(=O)C(C)N(Cc1ccccc1C)C(=O)Cc1cc(C)ccc1C.